The first kappa shape index (κ1) is 19.4. The molecular formula is C21H31N5O. The first-order chi connectivity index (χ1) is 13.3. The number of likely N-dealkylation sites (N-methyl/N-ethyl adjacent to an activating group) is 1. The molecule has 2 N–H and O–H groups in total. The van der Waals surface area contributed by atoms with Crippen molar-refractivity contribution in [1.82, 2.24) is 20.5 Å². The van der Waals surface area contributed by atoms with Crippen LogP contribution in [0.3, 0.4) is 0 Å². The van der Waals surface area contributed by atoms with Crippen molar-refractivity contribution in [1.29, 1.82) is 0 Å². The molecule has 0 atom stereocenters. The number of oxazole rings is 1. The molecule has 27 heavy (non-hydrogen) atoms. The average Bonchev–Trinajstić information content (AvgIpc) is 3.21. The lowest BCUT2D eigenvalue weighted by Gasteiger charge is -2.31. The SMILES string of the molecule is CN=C(NCCN(C)C1CCCCC1)NCc1coc(-c2ccccc2)n1. The Morgan fingerprint density at radius 1 is 1.19 bits per heavy atom. The van der Waals surface area contributed by atoms with Crippen molar-refractivity contribution in [2.45, 2.75) is 44.7 Å². The largest absolute Gasteiger partial charge is 0.444 e. The van der Waals surface area contributed by atoms with Crippen molar-refractivity contribution >= 4 is 5.96 Å². The van der Waals surface area contributed by atoms with E-state index < -0.39 is 0 Å². The number of guanidine groups is 1. The van der Waals surface area contributed by atoms with E-state index in [1.54, 1.807) is 13.3 Å². The van der Waals surface area contributed by atoms with E-state index in [2.05, 4.69) is 32.6 Å². The van der Waals surface area contributed by atoms with Gasteiger partial charge in [-0.3, -0.25) is 4.99 Å². The van der Waals surface area contributed by atoms with Crippen molar-refractivity contribution in [3.05, 3.63) is 42.3 Å². The van der Waals surface area contributed by atoms with Crippen LogP contribution in [0.15, 0.2) is 46.0 Å². The molecule has 1 heterocycles. The fraction of sp³-hybridized carbons (Fsp3) is 0.524. The highest BCUT2D eigenvalue weighted by Crippen LogP contribution is 2.21. The Morgan fingerprint density at radius 3 is 2.70 bits per heavy atom. The first-order valence-corrected chi connectivity index (χ1v) is 9.91. The molecule has 0 amide bonds. The Kier molecular flexibility index (Phi) is 7.27. The number of hydrogen-bond donors (Lipinski definition) is 2. The molecule has 1 fully saturated rings. The van der Waals surface area contributed by atoms with E-state index in [9.17, 15) is 0 Å². The van der Waals surface area contributed by atoms with Crippen molar-refractivity contribution in [2.75, 3.05) is 27.2 Å². The lowest BCUT2D eigenvalue weighted by molar-refractivity contribution is 0.194. The molecular weight excluding hydrogens is 338 g/mol. The van der Waals surface area contributed by atoms with Crippen molar-refractivity contribution in [3.63, 3.8) is 0 Å². The van der Waals surface area contributed by atoms with E-state index in [4.69, 9.17) is 4.42 Å². The summed E-state index contributed by atoms with van der Waals surface area (Å²) in [5, 5.41) is 6.69. The van der Waals surface area contributed by atoms with Gasteiger partial charge in [-0.25, -0.2) is 4.98 Å². The van der Waals surface area contributed by atoms with Crippen LogP contribution in [0, 0.1) is 0 Å². The number of benzene rings is 1. The summed E-state index contributed by atoms with van der Waals surface area (Å²) >= 11 is 0. The third kappa shape index (κ3) is 5.82. The maximum absolute atomic E-state index is 5.58. The molecule has 0 spiro atoms. The molecule has 6 heteroatoms. The Hall–Kier alpha value is -2.34. The number of hydrogen-bond acceptors (Lipinski definition) is 4. The lowest BCUT2D eigenvalue weighted by Crippen LogP contribution is -2.43. The summed E-state index contributed by atoms with van der Waals surface area (Å²) in [6.07, 6.45) is 8.49. The second-order valence-corrected chi connectivity index (χ2v) is 7.14. The predicted molar refractivity (Wildman–Crippen MR) is 110 cm³/mol. The van der Waals surface area contributed by atoms with E-state index >= 15 is 0 Å². The third-order valence-corrected chi connectivity index (χ3v) is 5.19. The highest BCUT2D eigenvalue weighted by molar-refractivity contribution is 5.79. The Bertz CT molecular complexity index is 706. The van der Waals surface area contributed by atoms with Gasteiger partial charge in [0.25, 0.3) is 0 Å². The Balaban J connectivity index is 1.41. The molecule has 1 aromatic carbocycles. The molecule has 2 aromatic rings. The van der Waals surface area contributed by atoms with E-state index in [1.165, 1.54) is 32.1 Å². The molecule has 3 rings (SSSR count). The fourth-order valence-electron chi connectivity index (χ4n) is 3.55. The minimum Gasteiger partial charge on any atom is -0.444 e. The zero-order valence-electron chi connectivity index (χ0n) is 16.4. The van der Waals surface area contributed by atoms with Crippen molar-refractivity contribution in [2.24, 2.45) is 4.99 Å². The summed E-state index contributed by atoms with van der Waals surface area (Å²) in [4.78, 5) is 11.3. The summed E-state index contributed by atoms with van der Waals surface area (Å²) in [5.41, 5.74) is 1.84. The third-order valence-electron chi connectivity index (χ3n) is 5.19. The van der Waals surface area contributed by atoms with Gasteiger partial charge in [-0.05, 0) is 32.0 Å². The van der Waals surface area contributed by atoms with Crippen LogP contribution in [0.2, 0.25) is 0 Å². The maximum Gasteiger partial charge on any atom is 0.226 e. The molecule has 1 saturated carbocycles. The number of aliphatic imine (C=N–C) groups is 1. The van der Waals surface area contributed by atoms with Crippen LogP contribution >= 0.6 is 0 Å². The number of nitrogens with one attached hydrogen (secondary N) is 2. The second-order valence-electron chi connectivity index (χ2n) is 7.14. The highest BCUT2D eigenvalue weighted by atomic mass is 16.3. The van der Waals surface area contributed by atoms with Gasteiger partial charge in [-0.1, -0.05) is 37.5 Å². The van der Waals surface area contributed by atoms with E-state index in [0.29, 0.717) is 12.4 Å². The lowest BCUT2D eigenvalue weighted by atomic mass is 9.94. The van der Waals surface area contributed by atoms with Crippen LogP contribution in [0.4, 0.5) is 0 Å². The molecule has 1 aliphatic rings. The standard InChI is InChI=1S/C21H31N5O/c1-22-21(23-13-14-26(2)19-11-7-4-8-12-19)24-15-18-16-27-20(25-18)17-9-5-3-6-10-17/h3,5-6,9-10,16,19H,4,7-8,11-15H2,1-2H3,(H2,22,23,24). The van der Waals surface area contributed by atoms with Crippen LogP contribution in [0.25, 0.3) is 11.5 Å². The Labute approximate surface area is 162 Å². The van der Waals surface area contributed by atoms with Crippen LogP contribution in [-0.2, 0) is 6.54 Å². The molecule has 0 saturated heterocycles. The van der Waals surface area contributed by atoms with Gasteiger partial charge in [0, 0.05) is 31.7 Å². The maximum atomic E-state index is 5.58. The van der Waals surface area contributed by atoms with Crippen molar-refractivity contribution < 1.29 is 4.42 Å². The number of rotatable bonds is 7. The van der Waals surface area contributed by atoms with E-state index in [-0.39, 0.29) is 0 Å². The van der Waals surface area contributed by atoms with Gasteiger partial charge in [-0.15, -0.1) is 0 Å². The van der Waals surface area contributed by atoms with Gasteiger partial charge in [0.05, 0.1) is 12.2 Å². The van der Waals surface area contributed by atoms with Crippen LogP contribution in [0.5, 0.6) is 0 Å². The molecule has 146 valence electrons. The minimum absolute atomic E-state index is 0.578. The zero-order chi connectivity index (χ0) is 18.9. The molecule has 1 aromatic heterocycles. The van der Waals surface area contributed by atoms with E-state index in [1.807, 2.05) is 30.3 Å². The second kappa shape index (κ2) is 10.1. The Morgan fingerprint density at radius 2 is 1.96 bits per heavy atom. The zero-order valence-corrected chi connectivity index (χ0v) is 16.4. The number of aromatic nitrogens is 1. The molecule has 0 aliphatic heterocycles. The summed E-state index contributed by atoms with van der Waals surface area (Å²) in [7, 11) is 4.02. The van der Waals surface area contributed by atoms with Crippen LogP contribution in [-0.4, -0.2) is 49.1 Å². The topological polar surface area (TPSA) is 65.7 Å². The minimum atomic E-state index is 0.578. The monoisotopic (exact) mass is 369 g/mol. The summed E-state index contributed by atoms with van der Waals surface area (Å²) < 4.78 is 5.58. The summed E-state index contributed by atoms with van der Waals surface area (Å²) in [5.74, 6) is 1.43. The highest BCUT2D eigenvalue weighted by Gasteiger charge is 2.17. The van der Waals surface area contributed by atoms with Gasteiger partial charge in [-0.2, -0.15) is 0 Å². The van der Waals surface area contributed by atoms with Crippen LogP contribution in [0.1, 0.15) is 37.8 Å². The molecule has 6 nitrogen and oxygen atoms in total. The molecule has 0 radical (unpaired) electrons. The average molecular weight is 370 g/mol. The van der Waals surface area contributed by atoms with Gasteiger partial charge in [0.15, 0.2) is 5.96 Å². The molecule has 0 unspecified atom stereocenters. The van der Waals surface area contributed by atoms with E-state index in [0.717, 1.165) is 36.3 Å². The van der Waals surface area contributed by atoms with Gasteiger partial charge in [0.1, 0.15) is 6.26 Å². The quantitative estimate of drug-likeness (QED) is 0.579. The van der Waals surface area contributed by atoms with Gasteiger partial charge >= 0.3 is 0 Å². The summed E-state index contributed by atoms with van der Waals surface area (Å²) in [6, 6.07) is 10.7. The fourth-order valence-corrected chi connectivity index (χ4v) is 3.55. The van der Waals surface area contributed by atoms with Crippen LogP contribution < -0.4 is 10.6 Å². The normalized spacial score (nSPS) is 15.9. The number of nitrogens with zero attached hydrogens (tertiary/aromatic N) is 3. The summed E-state index contributed by atoms with van der Waals surface area (Å²) in [6.45, 7) is 2.47. The van der Waals surface area contributed by atoms with Gasteiger partial charge in [0.2, 0.25) is 5.89 Å². The smallest absolute Gasteiger partial charge is 0.226 e. The molecule has 1 aliphatic carbocycles. The predicted octanol–water partition coefficient (Wildman–Crippen LogP) is 3.27. The first-order valence-electron chi connectivity index (χ1n) is 9.91. The van der Waals surface area contributed by atoms with Crippen molar-refractivity contribution in [3.8, 4) is 11.5 Å². The molecule has 0 bridgehead atoms. The van der Waals surface area contributed by atoms with Gasteiger partial charge < -0.3 is 20.0 Å².